The molecule has 1 saturated heterocycles. The van der Waals surface area contributed by atoms with Crippen LogP contribution < -0.4 is 4.90 Å². The van der Waals surface area contributed by atoms with Crippen LogP contribution in [0.2, 0.25) is 0 Å². The Balaban J connectivity index is 2.32. The molecule has 1 aliphatic heterocycles. The number of rotatable bonds is 4. The number of aliphatic hydroxyl groups excluding tert-OH is 1. The lowest BCUT2D eigenvalue weighted by Crippen LogP contribution is -2.27. The van der Waals surface area contributed by atoms with Crippen LogP contribution in [0.15, 0.2) is 18.2 Å². The number of hydrogen-bond acceptors (Lipinski definition) is 2. The third kappa shape index (κ3) is 2.62. The molecule has 0 aromatic heterocycles. The van der Waals surface area contributed by atoms with Gasteiger partial charge in [-0.2, -0.15) is 0 Å². The van der Waals surface area contributed by atoms with Crippen LogP contribution in [0.1, 0.15) is 51.7 Å². The zero-order valence-electron chi connectivity index (χ0n) is 12.1. The molecular formula is C16H24FNO. The highest BCUT2D eigenvalue weighted by molar-refractivity contribution is 5.56. The number of hydrogen-bond donors (Lipinski definition) is 1. The first-order valence-corrected chi connectivity index (χ1v) is 7.24. The molecule has 1 aromatic rings. The van der Waals surface area contributed by atoms with Gasteiger partial charge in [0, 0.05) is 24.3 Å². The summed E-state index contributed by atoms with van der Waals surface area (Å²) >= 11 is 0. The molecule has 0 amide bonds. The van der Waals surface area contributed by atoms with Gasteiger partial charge in [0.1, 0.15) is 5.82 Å². The second-order valence-electron chi connectivity index (χ2n) is 5.73. The van der Waals surface area contributed by atoms with Gasteiger partial charge in [0.2, 0.25) is 0 Å². The normalized spacial score (nSPS) is 19.7. The smallest absolute Gasteiger partial charge is 0.131 e. The van der Waals surface area contributed by atoms with Crippen molar-refractivity contribution in [3.8, 4) is 0 Å². The Hall–Kier alpha value is -1.09. The first kappa shape index (κ1) is 14.3. The van der Waals surface area contributed by atoms with E-state index < -0.39 is 6.10 Å². The van der Waals surface area contributed by atoms with E-state index in [1.165, 1.54) is 6.07 Å². The molecule has 0 unspecified atom stereocenters. The topological polar surface area (TPSA) is 23.5 Å². The lowest BCUT2D eigenvalue weighted by Gasteiger charge is -2.28. The van der Waals surface area contributed by atoms with E-state index in [9.17, 15) is 9.50 Å². The molecule has 1 aromatic carbocycles. The second-order valence-corrected chi connectivity index (χ2v) is 5.73. The van der Waals surface area contributed by atoms with E-state index in [1.54, 1.807) is 13.0 Å². The molecule has 0 aliphatic carbocycles. The molecule has 1 heterocycles. The molecule has 1 aliphatic rings. The Morgan fingerprint density at radius 3 is 2.58 bits per heavy atom. The molecule has 2 rings (SSSR count). The van der Waals surface area contributed by atoms with E-state index in [-0.39, 0.29) is 5.82 Å². The van der Waals surface area contributed by atoms with Crippen molar-refractivity contribution < 1.29 is 9.50 Å². The molecule has 106 valence electrons. The highest BCUT2D eigenvalue weighted by Gasteiger charge is 2.36. The Kier molecular flexibility index (Phi) is 4.14. The molecule has 0 spiro atoms. The lowest BCUT2D eigenvalue weighted by molar-refractivity contribution is 0.194. The molecule has 1 N–H and O–H groups in total. The largest absolute Gasteiger partial charge is 0.389 e. The molecule has 1 atom stereocenters. The van der Waals surface area contributed by atoms with E-state index in [4.69, 9.17) is 0 Å². The van der Waals surface area contributed by atoms with E-state index in [0.717, 1.165) is 38.0 Å². The standard InChI is InChI=1S/C16H24FNO/c1-4-16(5-2)9-10-18(11-16)14-8-6-7-13(17)15(14)12(3)19/h6-8,12,19H,4-5,9-11H2,1-3H3/t12-/m0/s1. The van der Waals surface area contributed by atoms with Crippen molar-refractivity contribution in [2.75, 3.05) is 18.0 Å². The van der Waals surface area contributed by atoms with Crippen molar-refractivity contribution in [2.24, 2.45) is 5.41 Å². The van der Waals surface area contributed by atoms with Gasteiger partial charge in [-0.25, -0.2) is 4.39 Å². The molecule has 0 saturated carbocycles. The van der Waals surface area contributed by atoms with Crippen LogP contribution in [0.5, 0.6) is 0 Å². The van der Waals surface area contributed by atoms with Crippen LogP contribution in [0.3, 0.4) is 0 Å². The van der Waals surface area contributed by atoms with Crippen LogP contribution in [0.4, 0.5) is 10.1 Å². The maximum Gasteiger partial charge on any atom is 0.131 e. The number of halogens is 1. The van der Waals surface area contributed by atoms with E-state index in [2.05, 4.69) is 18.7 Å². The summed E-state index contributed by atoms with van der Waals surface area (Å²) in [4.78, 5) is 2.23. The fourth-order valence-electron chi connectivity index (χ4n) is 3.18. The van der Waals surface area contributed by atoms with E-state index in [1.807, 2.05) is 6.07 Å². The second kappa shape index (κ2) is 5.49. The number of nitrogens with zero attached hydrogens (tertiary/aromatic N) is 1. The number of aliphatic hydroxyl groups is 1. The molecular weight excluding hydrogens is 241 g/mol. The number of benzene rings is 1. The van der Waals surface area contributed by atoms with Crippen molar-refractivity contribution in [3.05, 3.63) is 29.6 Å². The van der Waals surface area contributed by atoms with E-state index >= 15 is 0 Å². The minimum atomic E-state index is -0.769. The Bertz CT molecular complexity index is 440. The highest BCUT2D eigenvalue weighted by atomic mass is 19.1. The summed E-state index contributed by atoms with van der Waals surface area (Å²) in [6.07, 6.45) is 2.68. The summed E-state index contributed by atoms with van der Waals surface area (Å²) in [6.45, 7) is 8.00. The molecule has 0 bridgehead atoms. The Morgan fingerprint density at radius 2 is 2.05 bits per heavy atom. The maximum atomic E-state index is 13.9. The predicted octanol–water partition coefficient (Wildman–Crippen LogP) is 3.90. The van der Waals surface area contributed by atoms with Crippen LogP contribution >= 0.6 is 0 Å². The van der Waals surface area contributed by atoms with Gasteiger partial charge in [0.05, 0.1) is 6.10 Å². The van der Waals surface area contributed by atoms with Gasteiger partial charge in [-0.05, 0) is 43.7 Å². The van der Waals surface area contributed by atoms with Gasteiger partial charge in [-0.15, -0.1) is 0 Å². The average molecular weight is 265 g/mol. The molecule has 3 heteroatoms. The summed E-state index contributed by atoms with van der Waals surface area (Å²) < 4.78 is 13.9. The van der Waals surface area contributed by atoms with Gasteiger partial charge in [0.15, 0.2) is 0 Å². The van der Waals surface area contributed by atoms with Crippen molar-refractivity contribution in [2.45, 2.75) is 46.1 Å². The first-order chi connectivity index (χ1) is 9.03. The van der Waals surface area contributed by atoms with Gasteiger partial charge >= 0.3 is 0 Å². The summed E-state index contributed by atoms with van der Waals surface area (Å²) in [5.41, 5.74) is 1.65. The first-order valence-electron chi connectivity index (χ1n) is 7.24. The summed E-state index contributed by atoms with van der Waals surface area (Å²) in [7, 11) is 0. The zero-order valence-corrected chi connectivity index (χ0v) is 12.1. The summed E-state index contributed by atoms with van der Waals surface area (Å²) in [5.74, 6) is -0.307. The fourth-order valence-corrected chi connectivity index (χ4v) is 3.18. The van der Waals surface area contributed by atoms with Crippen molar-refractivity contribution in [1.82, 2.24) is 0 Å². The van der Waals surface area contributed by atoms with Crippen LogP contribution in [0, 0.1) is 11.2 Å². The molecule has 19 heavy (non-hydrogen) atoms. The van der Waals surface area contributed by atoms with Gasteiger partial charge in [-0.3, -0.25) is 0 Å². The van der Waals surface area contributed by atoms with Crippen LogP contribution in [0.25, 0.3) is 0 Å². The quantitative estimate of drug-likeness (QED) is 0.892. The molecule has 1 fully saturated rings. The lowest BCUT2D eigenvalue weighted by atomic mass is 9.82. The SMILES string of the molecule is CCC1(CC)CCN(c2cccc(F)c2[C@H](C)O)C1. The number of anilines is 1. The monoisotopic (exact) mass is 265 g/mol. The van der Waals surface area contributed by atoms with Crippen molar-refractivity contribution in [3.63, 3.8) is 0 Å². The van der Waals surface area contributed by atoms with Gasteiger partial charge in [0.25, 0.3) is 0 Å². The average Bonchev–Trinajstić information content (AvgIpc) is 2.83. The zero-order chi connectivity index (χ0) is 14.0. The summed E-state index contributed by atoms with van der Waals surface area (Å²) in [5, 5.41) is 9.82. The maximum absolute atomic E-state index is 13.9. The van der Waals surface area contributed by atoms with Gasteiger partial charge < -0.3 is 10.0 Å². The Labute approximate surface area is 115 Å². The van der Waals surface area contributed by atoms with Gasteiger partial charge in [-0.1, -0.05) is 19.9 Å². The van der Waals surface area contributed by atoms with Crippen LogP contribution in [-0.4, -0.2) is 18.2 Å². The minimum Gasteiger partial charge on any atom is -0.389 e. The van der Waals surface area contributed by atoms with E-state index in [0.29, 0.717) is 11.0 Å². The highest BCUT2D eigenvalue weighted by Crippen LogP contribution is 2.41. The van der Waals surface area contributed by atoms with Crippen LogP contribution in [-0.2, 0) is 0 Å². The van der Waals surface area contributed by atoms with Crippen molar-refractivity contribution >= 4 is 5.69 Å². The predicted molar refractivity (Wildman–Crippen MR) is 76.9 cm³/mol. The minimum absolute atomic E-state index is 0.307. The Morgan fingerprint density at radius 1 is 1.37 bits per heavy atom. The summed E-state index contributed by atoms with van der Waals surface area (Å²) in [6, 6.07) is 5.08. The fraction of sp³-hybridized carbons (Fsp3) is 0.625. The third-order valence-electron chi connectivity index (χ3n) is 4.73. The molecule has 2 nitrogen and oxygen atoms in total. The van der Waals surface area contributed by atoms with Crippen molar-refractivity contribution in [1.29, 1.82) is 0 Å². The third-order valence-corrected chi connectivity index (χ3v) is 4.73. The molecule has 0 radical (unpaired) electrons.